The summed E-state index contributed by atoms with van der Waals surface area (Å²) in [7, 11) is -3.98. The maximum Gasteiger partial charge on any atom is 0.264 e. The first-order chi connectivity index (χ1) is 13.9. The molecule has 29 heavy (non-hydrogen) atoms. The first-order valence-electron chi connectivity index (χ1n) is 8.46. The number of aryl methyl sites for hydroxylation is 1. The highest BCUT2D eigenvalue weighted by Crippen LogP contribution is 2.27. The minimum Gasteiger partial charge on any atom is -0.260 e. The van der Waals surface area contributed by atoms with Crippen LogP contribution < -0.4 is 4.31 Å². The fraction of sp³-hybridized carbons (Fsp3) is 0.111. The van der Waals surface area contributed by atoms with Gasteiger partial charge in [-0.25, -0.2) is 22.5 Å². The van der Waals surface area contributed by atoms with Crippen LogP contribution in [0, 0.1) is 12.7 Å². The molecule has 0 fully saturated rings. The van der Waals surface area contributed by atoms with Crippen LogP contribution in [-0.2, 0) is 16.6 Å². The van der Waals surface area contributed by atoms with Gasteiger partial charge < -0.3 is 0 Å². The lowest BCUT2D eigenvalue weighted by Crippen LogP contribution is -2.30. The summed E-state index contributed by atoms with van der Waals surface area (Å²) in [6.07, 6.45) is 1.38. The zero-order valence-corrected chi connectivity index (χ0v) is 16.8. The van der Waals surface area contributed by atoms with Gasteiger partial charge in [-0.3, -0.25) is 4.31 Å². The molecule has 0 N–H and O–H groups in total. The van der Waals surface area contributed by atoms with Gasteiger partial charge >= 0.3 is 0 Å². The highest BCUT2D eigenvalue weighted by atomic mass is 32.2. The topological polar surface area (TPSA) is 93.9 Å². The smallest absolute Gasteiger partial charge is 0.260 e. The molecule has 0 aliphatic carbocycles. The lowest BCUT2D eigenvalue weighted by Gasteiger charge is -2.24. The van der Waals surface area contributed by atoms with Crippen molar-refractivity contribution in [2.24, 2.45) is 0 Å². The van der Waals surface area contributed by atoms with Gasteiger partial charge in [-0.05, 0) is 59.8 Å². The summed E-state index contributed by atoms with van der Waals surface area (Å²) in [6.45, 7) is 1.87. The Bertz CT molecular complexity index is 1220. The highest BCUT2D eigenvalue weighted by Gasteiger charge is 2.26. The number of sulfonamides is 1. The number of hydrogen-bond acceptors (Lipinski definition) is 7. The normalized spacial score (nSPS) is 11.5. The van der Waals surface area contributed by atoms with Crippen molar-refractivity contribution in [2.45, 2.75) is 18.4 Å². The first kappa shape index (κ1) is 19.2. The summed E-state index contributed by atoms with van der Waals surface area (Å²) in [5.74, 6) is -0.448. The van der Waals surface area contributed by atoms with E-state index in [1.54, 1.807) is 17.5 Å². The van der Waals surface area contributed by atoms with Crippen LogP contribution in [-0.4, -0.2) is 33.6 Å². The standard InChI is InChI=1S/C18H15FN6O2S2/c1-13-21-15(11-28-13)10-25(16-7-5-14(19)6-8-16)29(26,27)18-4-2-3-17(9-18)24-12-20-22-23-24/h2-9,11-12H,10H2,1H3. The molecule has 4 aromatic rings. The maximum absolute atomic E-state index is 13.5. The number of benzene rings is 2. The van der Waals surface area contributed by atoms with Gasteiger partial charge in [0.05, 0.1) is 33.5 Å². The predicted molar refractivity (Wildman–Crippen MR) is 106 cm³/mol. The van der Waals surface area contributed by atoms with Crippen LogP contribution in [0.3, 0.4) is 0 Å². The van der Waals surface area contributed by atoms with Gasteiger partial charge in [0.1, 0.15) is 12.1 Å². The van der Waals surface area contributed by atoms with Crippen LogP contribution in [0.15, 0.2) is 65.1 Å². The second kappa shape index (κ2) is 7.68. The maximum atomic E-state index is 13.5. The molecule has 2 heterocycles. The summed E-state index contributed by atoms with van der Waals surface area (Å²) >= 11 is 1.43. The van der Waals surface area contributed by atoms with Crippen LogP contribution >= 0.6 is 11.3 Å². The molecule has 11 heteroatoms. The molecule has 148 valence electrons. The van der Waals surface area contributed by atoms with Crippen molar-refractivity contribution >= 4 is 27.0 Å². The number of aromatic nitrogens is 5. The van der Waals surface area contributed by atoms with Crippen molar-refractivity contribution in [1.29, 1.82) is 0 Å². The summed E-state index contributed by atoms with van der Waals surface area (Å²) in [5.41, 5.74) is 1.45. The number of thiazole rings is 1. The molecule has 0 bridgehead atoms. The van der Waals surface area contributed by atoms with E-state index >= 15 is 0 Å². The van der Waals surface area contributed by atoms with E-state index in [2.05, 4.69) is 20.5 Å². The lowest BCUT2D eigenvalue weighted by atomic mass is 10.3. The minimum atomic E-state index is -3.98. The van der Waals surface area contributed by atoms with E-state index in [1.165, 1.54) is 63.0 Å². The molecule has 0 aliphatic heterocycles. The molecule has 0 saturated carbocycles. The Balaban J connectivity index is 1.78. The Hall–Kier alpha value is -3.18. The van der Waals surface area contributed by atoms with Crippen LogP contribution in [0.2, 0.25) is 0 Å². The third-order valence-corrected chi connectivity index (χ3v) is 6.70. The Morgan fingerprint density at radius 1 is 1.17 bits per heavy atom. The molecular formula is C18H15FN6O2S2. The van der Waals surface area contributed by atoms with E-state index in [4.69, 9.17) is 0 Å². The van der Waals surface area contributed by atoms with E-state index < -0.39 is 15.8 Å². The zero-order chi connectivity index (χ0) is 20.4. The zero-order valence-electron chi connectivity index (χ0n) is 15.2. The van der Waals surface area contributed by atoms with Gasteiger partial charge in [0.15, 0.2) is 0 Å². The van der Waals surface area contributed by atoms with Crippen LogP contribution in [0.25, 0.3) is 5.69 Å². The Kier molecular flexibility index (Phi) is 5.07. The van der Waals surface area contributed by atoms with E-state index in [1.807, 2.05) is 6.92 Å². The van der Waals surface area contributed by atoms with Gasteiger partial charge in [0, 0.05) is 5.38 Å². The van der Waals surface area contributed by atoms with Gasteiger partial charge in [-0.2, -0.15) is 0 Å². The molecule has 0 aliphatic rings. The monoisotopic (exact) mass is 430 g/mol. The molecule has 2 aromatic heterocycles. The number of nitrogens with zero attached hydrogens (tertiary/aromatic N) is 6. The summed E-state index contributed by atoms with van der Waals surface area (Å²) < 4.78 is 43.0. The fourth-order valence-corrected chi connectivity index (χ4v) is 4.82. The van der Waals surface area contributed by atoms with Crippen molar-refractivity contribution in [3.05, 3.63) is 76.8 Å². The average Bonchev–Trinajstić information content (AvgIpc) is 3.39. The number of anilines is 1. The second-order valence-electron chi connectivity index (χ2n) is 6.10. The average molecular weight is 430 g/mol. The molecule has 0 spiro atoms. The summed E-state index contributed by atoms with van der Waals surface area (Å²) in [5, 5.41) is 13.6. The van der Waals surface area contributed by atoms with E-state index in [9.17, 15) is 12.8 Å². The van der Waals surface area contributed by atoms with Crippen LogP contribution in [0.1, 0.15) is 10.7 Å². The van der Waals surface area contributed by atoms with Crippen molar-refractivity contribution in [2.75, 3.05) is 4.31 Å². The van der Waals surface area contributed by atoms with Gasteiger partial charge in [0.25, 0.3) is 10.0 Å². The van der Waals surface area contributed by atoms with E-state index in [-0.39, 0.29) is 11.4 Å². The molecular weight excluding hydrogens is 415 g/mol. The molecule has 0 unspecified atom stereocenters. The van der Waals surface area contributed by atoms with Crippen molar-refractivity contribution in [3.8, 4) is 5.69 Å². The number of rotatable bonds is 6. The second-order valence-corrected chi connectivity index (χ2v) is 9.02. The molecule has 0 atom stereocenters. The van der Waals surface area contributed by atoms with Gasteiger partial charge in [-0.1, -0.05) is 6.07 Å². The predicted octanol–water partition coefficient (Wildman–Crippen LogP) is 2.96. The first-order valence-corrected chi connectivity index (χ1v) is 10.8. The van der Waals surface area contributed by atoms with Gasteiger partial charge in [-0.15, -0.1) is 16.4 Å². The summed E-state index contributed by atoms with van der Waals surface area (Å²) in [6, 6.07) is 11.6. The van der Waals surface area contributed by atoms with Crippen LogP contribution in [0.5, 0.6) is 0 Å². The summed E-state index contributed by atoms with van der Waals surface area (Å²) in [4.78, 5) is 4.42. The fourth-order valence-electron chi connectivity index (χ4n) is 2.74. The molecule has 0 saturated heterocycles. The van der Waals surface area contributed by atoms with Crippen molar-refractivity contribution < 1.29 is 12.8 Å². The van der Waals surface area contributed by atoms with Crippen LogP contribution in [0.4, 0.5) is 10.1 Å². The number of halogens is 1. The molecule has 0 radical (unpaired) electrons. The SMILES string of the molecule is Cc1nc(CN(c2ccc(F)cc2)S(=O)(=O)c2cccc(-n3cnnn3)c2)cs1. The molecule has 8 nitrogen and oxygen atoms in total. The third kappa shape index (κ3) is 4.00. The Morgan fingerprint density at radius 3 is 2.62 bits per heavy atom. The third-order valence-electron chi connectivity index (χ3n) is 4.11. The number of hydrogen-bond donors (Lipinski definition) is 0. The van der Waals surface area contributed by atoms with E-state index in [0.717, 1.165) is 5.01 Å². The van der Waals surface area contributed by atoms with E-state index in [0.29, 0.717) is 17.1 Å². The van der Waals surface area contributed by atoms with Crippen molar-refractivity contribution in [1.82, 2.24) is 25.2 Å². The largest absolute Gasteiger partial charge is 0.264 e. The van der Waals surface area contributed by atoms with Gasteiger partial charge in [0.2, 0.25) is 0 Å². The molecule has 4 rings (SSSR count). The highest BCUT2D eigenvalue weighted by molar-refractivity contribution is 7.92. The quantitative estimate of drug-likeness (QED) is 0.467. The molecule has 2 aromatic carbocycles. The molecule has 0 amide bonds. The minimum absolute atomic E-state index is 0.0212. The Labute approximate surface area is 170 Å². The van der Waals surface area contributed by atoms with Crippen molar-refractivity contribution in [3.63, 3.8) is 0 Å². The Morgan fingerprint density at radius 2 is 1.97 bits per heavy atom. The number of tetrazole rings is 1. The lowest BCUT2D eigenvalue weighted by molar-refractivity contribution is 0.589.